The molecule has 0 unspecified atom stereocenters. The molecule has 0 radical (unpaired) electrons. The van der Waals surface area contributed by atoms with Crippen molar-refractivity contribution in [3.63, 3.8) is 0 Å². The Morgan fingerprint density at radius 2 is 2.03 bits per heavy atom. The number of nitrogens with one attached hydrogen (secondary N) is 2. The van der Waals surface area contributed by atoms with Crippen LogP contribution in [0.25, 0.3) is 11.1 Å². The Morgan fingerprint density at radius 1 is 1.21 bits per heavy atom. The molecule has 1 aliphatic heterocycles. The van der Waals surface area contributed by atoms with Gasteiger partial charge in [-0.25, -0.2) is 8.42 Å². The highest BCUT2D eigenvalue weighted by atomic mass is 32.2. The Bertz CT molecular complexity index is 1200. The Morgan fingerprint density at radius 3 is 2.76 bits per heavy atom. The summed E-state index contributed by atoms with van der Waals surface area (Å²) in [6.45, 7) is 0.516. The topological polar surface area (TPSA) is 115 Å². The van der Waals surface area contributed by atoms with Crippen LogP contribution in [0.4, 0.5) is 5.69 Å². The lowest BCUT2D eigenvalue weighted by Gasteiger charge is -2.17. The van der Waals surface area contributed by atoms with E-state index < -0.39 is 10.0 Å². The number of aryl methyl sites for hydroxylation is 1. The molecule has 10 heteroatoms. The Balaban J connectivity index is 1.71. The lowest BCUT2D eigenvalue weighted by Crippen LogP contribution is -2.32. The smallest absolute Gasteiger partial charge is 0.265 e. The van der Waals surface area contributed by atoms with Crippen LogP contribution in [-0.4, -0.2) is 42.7 Å². The van der Waals surface area contributed by atoms with E-state index in [1.807, 2.05) is 0 Å². The van der Waals surface area contributed by atoms with Gasteiger partial charge < -0.3 is 10.1 Å². The molecular weight excluding hydrogens is 394 g/mol. The minimum absolute atomic E-state index is 0.0245. The van der Waals surface area contributed by atoms with Crippen LogP contribution in [-0.2, 0) is 23.5 Å². The van der Waals surface area contributed by atoms with Gasteiger partial charge in [-0.05, 0) is 23.8 Å². The molecule has 150 valence electrons. The van der Waals surface area contributed by atoms with Crippen molar-refractivity contribution < 1.29 is 17.9 Å². The number of amides is 1. The molecule has 0 fully saturated rings. The van der Waals surface area contributed by atoms with Gasteiger partial charge >= 0.3 is 0 Å². The highest BCUT2D eigenvalue weighted by Gasteiger charge is 2.23. The summed E-state index contributed by atoms with van der Waals surface area (Å²) in [6.07, 6.45) is 5.46. The molecule has 0 bridgehead atoms. The molecule has 0 saturated heterocycles. The predicted octanol–water partition coefficient (Wildman–Crippen LogP) is 1.58. The average Bonchev–Trinajstić information content (AvgIpc) is 3.14. The number of hydrogen-bond acceptors (Lipinski definition) is 6. The molecule has 0 saturated carbocycles. The van der Waals surface area contributed by atoms with Gasteiger partial charge in [-0.3, -0.25) is 19.2 Å². The van der Waals surface area contributed by atoms with Gasteiger partial charge in [0, 0.05) is 31.8 Å². The van der Waals surface area contributed by atoms with E-state index in [-0.39, 0.29) is 22.2 Å². The third-order valence-electron chi connectivity index (χ3n) is 4.61. The molecular formula is C19H19N5O4S. The minimum Gasteiger partial charge on any atom is -0.495 e. The molecule has 3 aromatic rings. The van der Waals surface area contributed by atoms with Crippen LogP contribution in [0.3, 0.4) is 0 Å². The van der Waals surface area contributed by atoms with E-state index in [0.717, 1.165) is 5.56 Å². The number of ether oxygens (including phenoxy) is 1. The van der Waals surface area contributed by atoms with E-state index in [1.54, 1.807) is 36.3 Å². The second kappa shape index (κ2) is 7.21. The predicted molar refractivity (Wildman–Crippen MR) is 106 cm³/mol. The molecule has 1 aromatic carbocycles. The van der Waals surface area contributed by atoms with Crippen molar-refractivity contribution in [1.82, 2.24) is 20.1 Å². The van der Waals surface area contributed by atoms with E-state index >= 15 is 0 Å². The highest BCUT2D eigenvalue weighted by molar-refractivity contribution is 7.92. The SMILES string of the molecule is COc1ccc(-c2cnn(C)c2)cc1S(=O)(=O)Nc1cnc2c(c1)C(=O)NCC2. The average molecular weight is 413 g/mol. The lowest BCUT2D eigenvalue weighted by molar-refractivity contribution is 0.0945. The number of aromatic nitrogens is 3. The maximum absolute atomic E-state index is 13.1. The molecule has 2 aromatic heterocycles. The minimum atomic E-state index is -4.00. The van der Waals surface area contributed by atoms with Gasteiger partial charge in [-0.1, -0.05) is 6.07 Å². The molecule has 0 atom stereocenters. The van der Waals surface area contributed by atoms with E-state index in [9.17, 15) is 13.2 Å². The number of fused-ring (bicyclic) bond motifs is 1. The summed E-state index contributed by atoms with van der Waals surface area (Å²) >= 11 is 0. The van der Waals surface area contributed by atoms with Gasteiger partial charge in [0.2, 0.25) is 0 Å². The first-order valence-electron chi connectivity index (χ1n) is 8.84. The first-order chi connectivity index (χ1) is 13.9. The van der Waals surface area contributed by atoms with Gasteiger partial charge in [-0.15, -0.1) is 0 Å². The standard InChI is InChI=1S/C19H19N5O4S/c1-24-11-13(9-22-24)12-3-4-17(28-2)18(7-12)29(26,27)23-14-8-15-16(21-10-14)5-6-20-19(15)25/h3-4,7-11,23H,5-6H2,1-2H3,(H,20,25). The third-order valence-corrected chi connectivity index (χ3v) is 6.01. The maximum Gasteiger partial charge on any atom is 0.265 e. The summed E-state index contributed by atoms with van der Waals surface area (Å²) in [6, 6.07) is 6.37. The largest absolute Gasteiger partial charge is 0.495 e. The zero-order valence-corrected chi connectivity index (χ0v) is 16.7. The summed E-state index contributed by atoms with van der Waals surface area (Å²) in [5.41, 5.74) is 2.68. The van der Waals surface area contributed by atoms with Crippen molar-refractivity contribution >= 4 is 21.6 Å². The second-order valence-electron chi connectivity index (χ2n) is 6.60. The number of hydrogen-bond donors (Lipinski definition) is 2. The summed E-state index contributed by atoms with van der Waals surface area (Å²) in [5.74, 6) is -0.0650. The molecule has 3 heterocycles. The van der Waals surface area contributed by atoms with Crippen LogP contribution >= 0.6 is 0 Å². The van der Waals surface area contributed by atoms with Crippen molar-refractivity contribution in [3.05, 3.63) is 54.1 Å². The van der Waals surface area contributed by atoms with Gasteiger partial charge in [0.1, 0.15) is 10.6 Å². The van der Waals surface area contributed by atoms with E-state index in [1.165, 1.54) is 25.4 Å². The zero-order valence-electron chi connectivity index (χ0n) is 15.8. The summed E-state index contributed by atoms with van der Waals surface area (Å²) in [5, 5.41) is 6.84. The van der Waals surface area contributed by atoms with Crippen molar-refractivity contribution in [2.24, 2.45) is 7.05 Å². The number of nitrogens with zero attached hydrogens (tertiary/aromatic N) is 3. The normalized spacial score (nSPS) is 13.5. The van der Waals surface area contributed by atoms with Crippen molar-refractivity contribution in [2.75, 3.05) is 18.4 Å². The fourth-order valence-corrected chi connectivity index (χ4v) is 4.41. The van der Waals surface area contributed by atoms with Crippen LogP contribution in [0.1, 0.15) is 16.1 Å². The maximum atomic E-state index is 13.1. The number of carbonyl (C=O) groups excluding carboxylic acids is 1. The lowest BCUT2D eigenvalue weighted by atomic mass is 10.1. The first-order valence-corrected chi connectivity index (χ1v) is 10.3. The Hall–Kier alpha value is -3.40. The van der Waals surface area contributed by atoms with Gasteiger partial charge in [0.15, 0.2) is 0 Å². The zero-order chi connectivity index (χ0) is 20.6. The summed E-state index contributed by atoms with van der Waals surface area (Å²) in [4.78, 5) is 16.2. The van der Waals surface area contributed by atoms with Gasteiger partial charge in [-0.2, -0.15) is 5.10 Å². The van der Waals surface area contributed by atoms with Gasteiger partial charge in [0.25, 0.3) is 15.9 Å². The van der Waals surface area contributed by atoms with Crippen LogP contribution < -0.4 is 14.8 Å². The van der Waals surface area contributed by atoms with Crippen LogP contribution in [0.5, 0.6) is 5.75 Å². The fourth-order valence-electron chi connectivity index (χ4n) is 3.18. The number of benzene rings is 1. The molecule has 1 aliphatic rings. The van der Waals surface area contributed by atoms with Crippen molar-refractivity contribution in [1.29, 1.82) is 0 Å². The number of methoxy groups -OCH3 is 1. The van der Waals surface area contributed by atoms with Crippen LogP contribution in [0.15, 0.2) is 47.8 Å². The molecule has 0 aliphatic carbocycles. The fraction of sp³-hybridized carbons (Fsp3) is 0.211. The first kappa shape index (κ1) is 18.9. The summed E-state index contributed by atoms with van der Waals surface area (Å²) < 4.78 is 35.5. The van der Waals surface area contributed by atoms with Crippen LogP contribution in [0, 0.1) is 0 Å². The Kier molecular flexibility index (Phi) is 4.71. The van der Waals surface area contributed by atoms with E-state index in [4.69, 9.17) is 4.74 Å². The number of carbonyl (C=O) groups is 1. The molecule has 4 rings (SSSR count). The number of rotatable bonds is 5. The summed E-state index contributed by atoms with van der Waals surface area (Å²) in [7, 11) is -0.809. The van der Waals surface area contributed by atoms with E-state index in [2.05, 4.69) is 20.1 Å². The molecule has 2 N–H and O–H groups in total. The number of pyridine rings is 1. The molecule has 9 nitrogen and oxygen atoms in total. The second-order valence-corrected chi connectivity index (χ2v) is 8.25. The van der Waals surface area contributed by atoms with Crippen molar-refractivity contribution in [3.8, 4) is 16.9 Å². The monoisotopic (exact) mass is 413 g/mol. The quantitative estimate of drug-likeness (QED) is 0.656. The van der Waals surface area contributed by atoms with Crippen molar-refractivity contribution in [2.45, 2.75) is 11.3 Å². The number of sulfonamides is 1. The molecule has 0 spiro atoms. The Labute approximate surface area is 167 Å². The van der Waals surface area contributed by atoms with Gasteiger partial charge in [0.05, 0.1) is 36.4 Å². The third kappa shape index (κ3) is 3.66. The van der Waals surface area contributed by atoms with E-state index in [0.29, 0.717) is 29.8 Å². The molecule has 1 amide bonds. The van der Waals surface area contributed by atoms with Crippen LogP contribution in [0.2, 0.25) is 0 Å². The highest BCUT2D eigenvalue weighted by Crippen LogP contribution is 2.31. The number of anilines is 1. The molecule has 29 heavy (non-hydrogen) atoms.